The van der Waals surface area contributed by atoms with Crippen molar-refractivity contribution >= 4 is 6.09 Å². The molecule has 0 aliphatic carbocycles. The Balaban J connectivity index is 2.13. The lowest BCUT2D eigenvalue weighted by Crippen LogP contribution is -2.36. The molecule has 1 aliphatic rings. The van der Waals surface area contributed by atoms with Crippen LogP contribution < -0.4 is 5.73 Å². The highest BCUT2D eigenvalue weighted by molar-refractivity contribution is 5.66. The molecule has 1 heterocycles. The minimum atomic E-state index is -0.395. The van der Waals surface area contributed by atoms with Crippen molar-refractivity contribution in [1.29, 1.82) is 0 Å². The summed E-state index contributed by atoms with van der Waals surface area (Å²) < 4.78 is 0. The first-order chi connectivity index (χ1) is 6.34. The number of rotatable bonds is 3. The van der Waals surface area contributed by atoms with Crippen molar-refractivity contribution in [1.82, 2.24) is 4.90 Å². The Hall–Kier alpha value is -0.810. The van der Waals surface area contributed by atoms with Crippen LogP contribution in [-0.4, -0.2) is 37.2 Å². The van der Waals surface area contributed by atoms with Crippen LogP contribution in [0.3, 0.4) is 0 Å². The van der Waals surface area contributed by atoms with E-state index in [0.717, 1.165) is 25.9 Å². The first-order valence-corrected chi connectivity index (χ1v) is 4.63. The average Bonchev–Trinajstić information content (AvgIpc) is 2.19. The van der Waals surface area contributed by atoms with Gasteiger partial charge in [-0.3, -0.25) is 4.89 Å². The molecule has 0 unspecified atom stereocenters. The van der Waals surface area contributed by atoms with Crippen LogP contribution in [0.4, 0.5) is 4.79 Å². The largest absolute Gasteiger partial charge is 0.441 e. The third kappa shape index (κ3) is 3.61. The van der Waals surface area contributed by atoms with E-state index < -0.39 is 6.09 Å². The number of nitrogens with two attached hydrogens (primary N) is 1. The van der Waals surface area contributed by atoms with Crippen LogP contribution in [0, 0.1) is 0 Å². The fraction of sp³-hybridized carbons (Fsp3) is 0.875. The number of hydrogen-bond acceptors (Lipinski definition) is 4. The maximum atomic E-state index is 11.2. The zero-order valence-electron chi connectivity index (χ0n) is 7.70. The Bertz CT molecular complexity index is 157. The molecule has 0 atom stereocenters. The zero-order chi connectivity index (χ0) is 9.52. The highest BCUT2D eigenvalue weighted by Gasteiger charge is 2.18. The molecule has 13 heavy (non-hydrogen) atoms. The van der Waals surface area contributed by atoms with Crippen LogP contribution in [0.15, 0.2) is 0 Å². The second-order valence-electron chi connectivity index (χ2n) is 3.01. The van der Waals surface area contributed by atoms with Crippen molar-refractivity contribution in [2.75, 3.05) is 26.2 Å². The number of piperidine rings is 1. The summed E-state index contributed by atoms with van der Waals surface area (Å²) in [6, 6.07) is 0. The van der Waals surface area contributed by atoms with Gasteiger partial charge in [0.15, 0.2) is 0 Å². The average molecular weight is 188 g/mol. The molecule has 1 fully saturated rings. The summed E-state index contributed by atoms with van der Waals surface area (Å²) in [5.74, 6) is 0. The van der Waals surface area contributed by atoms with Crippen LogP contribution in [0.2, 0.25) is 0 Å². The highest BCUT2D eigenvalue weighted by Crippen LogP contribution is 2.09. The molecule has 1 amide bonds. The lowest BCUT2D eigenvalue weighted by atomic mass is 10.1. The predicted molar refractivity (Wildman–Crippen MR) is 46.9 cm³/mol. The molecule has 5 nitrogen and oxygen atoms in total. The highest BCUT2D eigenvalue weighted by atomic mass is 17.2. The molecular weight excluding hydrogens is 172 g/mol. The van der Waals surface area contributed by atoms with Gasteiger partial charge in [0.05, 0.1) is 0 Å². The molecule has 0 radical (unpaired) electrons. The number of nitrogens with zero attached hydrogens (tertiary/aromatic N) is 1. The van der Waals surface area contributed by atoms with Gasteiger partial charge < -0.3 is 10.6 Å². The van der Waals surface area contributed by atoms with Crippen molar-refractivity contribution < 1.29 is 14.6 Å². The normalized spacial score (nSPS) is 17.2. The number of carbonyl (C=O) groups excluding carboxylic acids is 1. The molecule has 0 aromatic heterocycles. The van der Waals surface area contributed by atoms with Gasteiger partial charge in [0.25, 0.3) is 0 Å². The van der Waals surface area contributed by atoms with Gasteiger partial charge in [0.1, 0.15) is 6.61 Å². The molecule has 1 saturated heterocycles. The van der Waals surface area contributed by atoms with Crippen LogP contribution in [0.1, 0.15) is 19.3 Å². The van der Waals surface area contributed by atoms with E-state index in [2.05, 4.69) is 9.78 Å². The van der Waals surface area contributed by atoms with E-state index in [9.17, 15) is 4.79 Å². The maximum absolute atomic E-state index is 11.2. The first-order valence-electron chi connectivity index (χ1n) is 4.63. The second-order valence-corrected chi connectivity index (χ2v) is 3.01. The number of likely N-dealkylation sites (tertiary alicyclic amines) is 1. The molecule has 5 heteroatoms. The van der Waals surface area contributed by atoms with E-state index in [-0.39, 0.29) is 6.61 Å². The lowest BCUT2D eigenvalue weighted by molar-refractivity contribution is -0.243. The SMILES string of the molecule is NCCOOC(=O)N1CCCCC1. The second kappa shape index (κ2) is 5.77. The summed E-state index contributed by atoms with van der Waals surface area (Å²) >= 11 is 0. The monoisotopic (exact) mass is 188 g/mol. The van der Waals surface area contributed by atoms with Gasteiger partial charge in [-0.1, -0.05) is 0 Å². The molecule has 0 spiro atoms. The summed E-state index contributed by atoms with van der Waals surface area (Å²) in [7, 11) is 0. The Morgan fingerprint density at radius 2 is 2.00 bits per heavy atom. The number of carbonyl (C=O) groups is 1. The lowest BCUT2D eigenvalue weighted by Gasteiger charge is -2.24. The summed E-state index contributed by atoms with van der Waals surface area (Å²) in [6.45, 7) is 2.14. The van der Waals surface area contributed by atoms with Crippen molar-refractivity contribution in [3.8, 4) is 0 Å². The molecule has 76 valence electrons. The van der Waals surface area contributed by atoms with Crippen molar-refractivity contribution in [3.63, 3.8) is 0 Å². The van der Waals surface area contributed by atoms with E-state index in [0.29, 0.717) is 6.54 Å². The summed E-state index contributed by atoms with van der Waals surface area (Å²) in [6.07, 6.45) is 2.89. The quantitative estimate of drug-likeness (QED) is 0.398. The van der Waals surface area contributed by atoms with Crippen LogP contribution >= 0.6 is 0 Å². The minimum Gasteiger partial charge on any atom is -0.328 e. The van der Waals surface area contributed by atoms with Crippen LogP contribution in [0.25, 0.3) is 0 Å². The maximum Gasteiger partial charge on any atom is 0.441 e. The van der Waals surface area contributed by atoms with E-state index in [1.165, 1.54) is 6.42 Å². The number of amides is 1. The third-order valence-electron chi connectivity index (χ3n) is 1.95. The predicted octanol–water partition coefficient (Wildman–Crippen LogP) is 0.499. The van der Waals surface area contributed by atoms with Gasteiger partial charge in [-0.05, 0) is 19.3 Å². The summed E-state index contributed by atoms with van der Waals surface area (Å²) in [5.41, 5.74) is 5.16. The fourth-order valence-corrected chi connectivity index (χ4v) is 1.27. The van der Waals surface area contributed by atoms with Gasteiger partial charge in [-0.15, -0.1) is 0 Å². The summed E-state index contributed by atoms with van der Waals surface area (Å²) in [5, 5.41) is 0. The van der Waals surface area contributed by atoms with Gasteiger partial charge in [-0.25, -0.2) is 4.79 Å². The summed E-state index contributed by atoms with van der Waals surface area (Å²) in [4.78, 5) is 22.0. The molecular formula is C8H16N2O3. The zero-order valence-corrected chi connectivity index (χ0v) is 7.70. The van der Waals surface area contributed by atoms with Crippen LogP contribution in [0.5, 0.6) is 0 Å². The molecule has 1 rings (SSSR count). The molecule has 0 saturated carbocycles. The smallest absolute Gasteiger partial charge is 0.328 e. The van der Waals surface area contributed by atoms with E-state index >= 15 is 0 Å². The fourth-order valence-electron chi connectivity index (χ4n) is 1.27. The Morgan fingerprint density at radius 1 is 1.31 bits per heavy atom. The Morgan fingerprint density at radius 3 is 2.62 bits per heavy atom. The molecule has 0 bridgehead atoms. The third-order valence-corrected chi connectivity index (χ3v) is 1.95. The Labute approximate surface area is 77.7 Å². The molecule has 2 N–H and O–H groups in total. The molecule has 0 aromatic carbocycles. The standard InChI is InChI=1S/C8H16N2O3/c9-4-7-12-13-8(11)10-5-2-1-3-6-10/h1-7,9H2. The van der Waals surface area contributed by atoms with E-state index in [4.69, 9.17) is 5.73 Å². The topological polar surface area (TPSA) is 64.8 Å². The van der Waals surface area contributed by atoms with Crippen molar-refractivity contribution in [2.24, 2.45) is 5.73 Å². The Kier molecular flexibility index (Phi) is 4.56. The van der Waals surface area contributed by atoms with Crippen molar-refractivity contribution in [2.45, 2.75) is 19.3 Å². The van der Waals surface area contributed by atoms with Crippen molar-refractivity contribution in [3.05, 3.63) is 0 Å². The minimum absolute atomic E-state index is 0.250. The van der Waals surface area contributed by atoms with Gasteiger partial charge in [-0.2, -0.15) is 4.89 Å². The van der Waals surface area contributed by atoms with E-state index in [1.54, 1.807) is 4.90 Å². The molecule has 1 aliphatic heterocycles. The molecule has 0 aromatic rings. The van der Waals surface area contributed by atoms with Gasteiger partial charge in [0, 0.05) is 19.6 Å². The van der Waals surface area contributed by atoms with Gasteiger partial charge in [0.2, 0.25) is 0 Å². The number of hydrogen-bond donors (Lipinski definition) is 1. The van der Waals surface area contributed by atoms with E-state index in [1.807, 2.05) is 0 Å². The van der Waals surface area contributed by atoms with Crippen LogP contribution in [-0.2, 0) is 9.78 Å². The van der Waals surface area contributed by atoms with Gasteiger partial charge >= 0.3 is 6.09 Å². The first kappa shape index (κ1) is 10.3.